The summed E-state index contributed by atoms with van der Waals surface area (Å²) in [5.74, 6) is 0.425. The van der Waals surface area contributed by atoms with E-state index in [4.69, 9.17) is 4.74 Å². The molecule has 100 valence electrons. The van der Waals surface area contributed by atoms with E-state index < -0.39 is 0 Å². The number of hydrogen-bond donors (Lipinski definition) is 0. The number of ether oxygens (including phenoxy) is 1. The van der Waals surface area contributed by atoms with Gasteiger partial charge in [0.1, 0.15) is 5.82 Å². The molecule has 0 N–H and O–H groups in total. The fraction of sp³-hybridized carbons (Fsp3) is 0.571. The molecule has 0 amide bonds. The van der Waals surface area contributed by atoms with Crippen LogP contribution in [-0.2, 0) is 11.3 Å². The van der Waals surface area contributed by atoms with Gasteiger partial charge in [-0.1, -0.05) is 12.1 Å². The molecule has 4 heteroatoms. The highest BCUT2D eigenvalue weighted by Crippen LogP contribution is 2.24. The number of halogens is 2. The summed E-state index contributed by atoms with van der Waals surface area (Å²) in [6.07, 6.45) is 2.43. The fourth-order valence-electron chi connectivity index (χ4n) is 2.58. The minimum absolute atomic E-state index is 0.182. The summed E-state index contributed by atoms with van der Waals surface area (Å²) in [7, 11) is 1.75. The van der Waals surface area contributed by atoms with Crippen molar-refractivity contribution in [2.45, 2.75) is 19.4 Å². The van der Waals surface area contributed by atoms with Crippen molar-refractivity contribution in [1.29, 1.82) is 0 Å². The summed E-state index contributed by atoms with van der Waals surface area (Å²) in [5, 5.41) is 0. The van der Waals surface area contributed by atoms with Crippen molar-refractivity contribution in [3.8, 4) is 0 Å². The third-order valence-electron chi connectivity index (χ3n) is 3.43. The van der Waals surface area contributed by atoms with E-state index in [1.54, 1.807) is 13.2 Å². The molecule has 0 radical (unpaired) electrons. The van der Waals surface area contributed by atoms with Crippen LogP contribution in [-0.4, -0.2) is 31.7 Å². The first-order valence-corrected chi connectivity index (χ1v) is 7.14. The Bertz CT molecular complexity index is 397. The highest BCUT2D eigenvalue weighted by atomic mass is 79.9. The second kappa shape index (κ2) is 6.64. The zero-order valence-electron chi connectivity index (χ0n) is 10.7. The maximum atomic E-state index is 13.4. The van der Waals surface area contributed by atoms with E-state index in [9.17, 15) is 4.39 Å². The van der Waals surface area contributed by atoms with Gasteiger partial charge in [-0.05, 0) is 52.9 Å². The van der Waals surface area contributed by atoms with Crippen LogP contribution in [0.15, 0.2) is 22.7 Å². The van der Waals surface area contributed by atoms with Crippen molar-refractivity contribution in [1.82, 2.24) is 4.90 Å². The fourth-order valence-corrected chi connectivity index (χ4v) is 2.97. The van der Waals surface area contributed by atoms with Gasteiger partial charge in [-0.25, -0.2) is 4.39 Å². The van der Waals surface area contributed by atoms with Crippen LogP contribution in [0.4, 0.5) is 4.39 Å². The maximum Gasteiger partial charge on any atom is 0.137 e. The average molecular weight is 316 g/mol. The lowest BCUT2D eigenvalue weighted by atomic mass is 9.98. The topological polar surface area (TPSA) is 12.5 Å². The van der Waals surface area contributed by atoms with Crippen molar-refractivity contribution in [3.05, 3.63) is 34.1 Å². The first-order chi connectivity index (χ1) is 8.70. The monoisotopic (exact) mass is 315 g/mol. The predicted octanol–water partition coefficient (Wildman–Crippen LogP) is 3.45. The lowest BCUT2D eigenvalue weighted by molar-refractivity contribution is 0.0872. The maximum absolute atomic E-state index is 13.4. The Kier molecular flexibility index (Phi) is 5.15. The minimum Gasteiger partial charge on any atom is -0.384 e. The molecule has 0 aromatic heterocycles. The van der Waals surface area contributed by atoms with E-state index in [0.29, 0.717) is 10.4 Å². The molecule has 18 heavy (non-hydrogen) atoms. The van der Waals surface area contributed by atoms with Crippen molar-refractivity contribution in [3.63, 3.8) is 0 Å². The van der Waals surface area contributed by atoms with Crippen molar-refractivity contribution >= 4 is 15.9 Å². The van der Waals surface area contributed by atoms with Gasteiger partial charge in [0.25, 0.3) is 0 Å². The molecule has 1 aromatic rings. The van der Waals surface area contributed by atoms with Crippen LogP contribution >= 0.6 is 15.9 Å². The van der Waals surface area contributed by atoms with E-state index in [0.717, 1.165) is 31.8 Å². The summed E-state index contributed by atoms with van der Waals surface area (Å²) in [4.78, 5) is 2.38. The zero-order chi connectivity index (χ0) is 13.0. The van der Waals surface area contributed by atoms with E-state index in [2.05, 4.69) is 20.8 Å². The van der Waals surface area contributed by atoms with Gasteiger partial charge in [0.05, 0.1) is 11.1 Å². The first-order valence-electron chi connectivity index (χ1n) is 6.35. The number of hydrogen-bond acceptors (Lipinski definition) is 2. The number of rotatable bonds is 4. The zero-order valence-corrected chi connectivity index (χ0v) is 12.2. The summed E-state index contributed by atoms with van der Waals surface area (Å²) < 4.78 is 19.3. The van der Waals surface area contributed by atoms with Crippen LogP contribution in [0.25, 0.3) is 0 Å². The Morgan fingerprint density at radius 3 is 3.11 bits per heavy atom. The van der Waals surface area contributed by atoms with Crippen molar-refractivity contribution in [2.24, 2.45) is 5.92 Å². The van der Waals surface area contributed by atoms with Crippen LogP contribution in [0, 0.1) is 11.7 Å². The summed E-state index contributed by atoms with van der Waals surface area (Å²) >= 11 is 3.33. The predicted molar refractivity (Wildman–Crippen MR) is 74.0 cm³/mol. The van der Waals surface area contributed by atoms with Gasteiger partial charge in [-0.2, -0.15) is 0 Å². The third kappa shape index (κ3) is 3.53. The second-order valence-electron chi connectivity index (χ2n) is 4.91. The van der Waals surface area contributed by atoms with Crippen molar-refractivity contribution < 1.29 is 9.13 Å². The van der Waals surface area contributed by atoms with Gasteiger partial charge in [-0.3, -0.25) is 4.90 Å². The van der Waals surface area contributed by atoms with E-state index in [-0.39, 0.29) is 5.82 Å². The molecule has 0 aliphatic carbocycles. The molecule has 1 unspecified atom stereocenters. The number of piperidine rings is 1. The number of likely N-dealkylation sites (tertiary alicyclic amines) is 1. The molecule has 1 fully saturated rings. The van der Waals surface area contributed by atoms with Crippen LogP contribution in [0.3, 0.4) is 0 Å². The Morgan fingerprint density at radius 1 is 1.50 bits per heavy atom. The smallest absolute Gasteiger partial charge is 0.137 e. The van der Waals surface area contributed by atoms with Crippen LogP contribution in [0.1, 0.15) is 18.4 Å². The van der Waals surface area contributed by atoms with Crippen LogP contribution in [0.2, 0.25) is 0 Å². The van der Waals surface area contributed by atoms with E-state index in [1.165, 1.54) is 18.9 Å². The molecule has 1 aliphatic rings. The van der Waals surface area contributed by atoms with Gasteiger partial charge in [0, 0.05) is 20.2 Å². The Balaban J connectivity index is 1.98. The second-order valence-corrected chi connectivity index (χ2v) is 5.70. The first kappa shape index (κ1) is 14.0. The minimum atomic E-state index is -0.182. The molecule has 1 aromatic carbocycles. The molecular formula is C14H19BrFNO. The molecule has 1 saturated heterocycles. The van der Waals surface area contributed by atoms with Gasteiger partial charge in [0.2, 0.25) is 0 Å². The lowest BCUT2D eigenvalue weighted by Gasteiger charge is -2.32. The molecule has 0 spiro atoms. The highest BCUT2D eigenvalue weighted by Gasteiger charge is 2.20. The van der Waals surface area contributed by atoms with Crippen molar-refractivity contribution in [2.75, 3.05) is 26.8 Å². The summed E-state index contributed by atoms with van der Waals surface area (Å²) in [5.41, 5.74) is 1.02. The number of nitrogens with zero attached hydrogens (tertiary/aromatic N) is 1. The van der Waals surface area contributed by atoms with E-state index >= 15 is 0 Å². The van der Waals surface area contributed by atoms with Crippen LogP contribution < -0.4 is 0 Å². The molecule has 0 saturated carbocycles. The summed E-state index contributed by atoms with van der Waals surface area (Å²) in [6, 6.07) is 5.23. The highest BCUT2D eigenvalue weighted by molar-refractivity contribution is 9.10. The molecule has 2 nitrogen and oxygen atoms in total. The Morgan fingerprint density at radius 2 is 2.33 bits per heavy atom. The standard InChI is InChI=1S/C14H19BrFNO/c1-18-10-11-4-3-7-17(8-11)9-12-5-2-6-13(16)14(12)15/h2,5-6,11H,3-4,7-10H2,1H3. The lowest BCUT2D eigenvalue weighted by Crippen LogP contribution is -2.36. The third-order valence-corrected chi connectivity index (χ3v) is 4.32. The quantitative estimate of drug-likeness (QED) is 0.844. The number of benzene rings is 1. The summed E-state index contributed by atoms with van der Waals surface area (Å²) in [6.45, 7) is 3.75. The van der Waals surface area contributed by atoms with Gasteiger partial charge >= 0.3 is 0 Å². The Hall–Kier alpha value is -0.450. The average Bonchev–Trinajstić information content (AvgIpc) is 2.36. The molecule has 2 rings (SSSR count). The molecular weight excluding hydrogens is 297 g/mol. The normalized spacial score (nSPS) is 21.2. The molecule has 1 aliphatic heterocycles. The molecule has 1 heterocycles. The molecule has 1 atom stereocenters. The molecule has 0 bridgehead atoms. The van der Waals surface area contributed by atoms with Gasteiger partial charge in [0.15, 0.2) is 0 Å². The van der Waals surface area contributed by atoms with Gasteiger partial charge < -0.3 is 4.74 Å². The largest absolute Gasteiger partial charge is 0.384 e. The van der Waals surface area contributed by atoms with Gasteiger partial charge in [-0.15, -0.1) is 0 Å². The Labute approximate surface area is 116 Å². The van der Waals surface area contributed by atoms with Crippen LogP contribution in [0.5, 0.6) is 0 Å². The number of methoxy groups -OCH3 is 1. The SMILES string of the molecule is COCC1CCCN(Cc2cccc(F)c2Br)C1. The van der Waals surface area contributed by atoms with E-state index in [1.807, 2.05) is 6.07 Å².